The average molecular weight is 300 g/mol. The quantitative estimate of drug-likeness (QED) is 0.803. The highest BCUT2D eigenvalue weighted by Crippen LogP contribution is 2.28. The molecule has 0 radical (unpaired) electrons. The monoisotopic (exact) mass is 298 g/mol. The fourth-order valence-corrected chi connectivity index (χ4v) is 1.53. The number of methoxy groups -OCH3 is 1. The van der Waals surface area contributed by atoms with Gasteiger partial charge < -0.3 is 4.74 Å². The summed E-state index contributed by atoms with van der Waals surface area (Å²) >= 11 is 14.9. The van der Waals surface area contributed by atoms with Crippen molar-refractivity contribution in [1.82, 2.24) is 9.97 Å². The molecule has 1 atom stereocenters. The fraction of sp³-hybridized carbons (Fsp3) is 0.500. The van der Waals surface area contributed by atoms with Gasteiger partial charge in [0.25, 0.3) is 0 Å². The lowest BCUT2D eigenvalue weighted by Crippen LogP contribution is -2.07. The number of ether oxygens (including phenoxy) is 1. The largest absolute Gasteiger partial charge is 0.384 e. The second-order valence-corrected chi connectivity index (χ2v) is 4.34. The van der Waals surface area contributed by atoms with Crippen LogP contribution < -0.4 is 0 Å². The van der Waals surface area contributed by atoms with Crippen molar-refractivity contribution in [3.8, 4) is 0 Å². The molecule has 0 aliphatic heterocycles. The van der Waals surface area contributed by atoms with Gasteiger partial charge in [0, 0.05) is 13.0 Å². The third-order valence-electron chi connectivity index (χ3n) is 1.65. The predicted molar refractivity (Wildman–Crippen MR) is 60.0 cm³/mol. The third-order valence-corrected chi connectivity index (χ3v) is 3.40. The maximum atomic E-state index is 5.84. The number of rotatable bonds is 3. The van der Waals surface area contributed by atoms with E-state index >= 15 is 0 Å². The fourth-order valence-electron chi connectivity index (χ4n) is 0.954. The van der Waals surface area contributed by atoms with E-state index in [1.165, 1.54) is 0 Å². The van der Waals surface area contributed by atoms with Gasteiger partial charge in [0.05, 0.1) is 11.1 Å². The minimum atomic E-state index is 0.0723. The summed E-state index contributed by atoms with van der Waals surface area (Å²) in [4.78, 5) is 8.19. The highest BCUT2D eigenvalue weighted by Gasteiger charge is 2.13. The third kappa shape index (κ3) is 2.79. The zero-order chi connectivity index (χ0) is 10.7. The molecule has 0 spiro atoms. The molecular formula is C8H9BrCl2N2O. The minimum absolute atomic E-state index is 0.0723. The average Bonchev–Trinajstić information content (AvgIpc) is 2.13. The van der Waals surface area contributed by atoms with Crippen molar-refractivity contribution in [1.29, 1.82) is 0 Å². The van der Waals surface area contributed by atoms with Crippen molar-refractivity contribution < 1.29 is 4.74 Å². The Hall–Kier alpha value is 0.1000. The van der Waals surface area contributed by atoms with Crippen LogP contribution in [0.4, 0.5) is 0 Å². The van der Waals surface area contributed by atoms with Crippen LogP contribution in [0, 0.1) is 0 Å². The Bertz CT molecular complexity index is 312. The Labute approximate surface area is 101 Å². The summed E-state index contributed by atoms with van der Waals surface area (Å²) in [6.07, 6.45) is 0. The van der Waals surface area contributed by atoms with Crippen LogP contribution in [0.2, 0.25) is 10.3 Å². The van der Waals surface area contributed by atoms with E-state index in [2.05, 4.69) is 25.9 Å². The van der Waals surface area contributed by atoms with Gasteiger partial charge in [-0.25, -0.2) is 9.97 Å². The summed E-state index contributed by atoms with van der Waals surface area (Å²) in [6.45, 7) is 2.48. The number of hydrogen-bond acceptors (Lipinski definition) is 3. The van der Waals surface area contributed by atoms with Gasteiger partial charge in [0.1, 0.15) is 16.1 Å². The molecule has 0 aliphatic rings. The van der Waals surface area contributed by atoms with E-state index in [0.29, 0.717) is 27.2 Å². The van der Waals surface area contributed by atoms with Crippen LogP contribution in [0.25, 0.3) is 0 Å². The van der Waals surface area contributed by atoms with E-state index in [-0.39, 0.29) is 5.92 Å². The van der Waals surface area contributed by atoms with Gasteiger partial charge in [-0.05, 0) is 15.9 Å². The second-order valence-electron chi connectivity index (χ2n) is 2.83. The molecule has 0 aliphatic carbocycles. The highest BCUT2D eigenvalue weighted by atomic mass is 79.9. The van der Waals surface area contributed by atoms with Crippen LogP contribution in [0.1, 0.15) is 18.7 Å². The molecule has 1 aromatic heterocycles. The summed E-state index contributed by atoms with van der Waals surface area (Å²) < 4.78 is 5.51. The van der Waals surface area contributed by atoms with E-state index in [0.717, 1.165) is 0 Å². The van der Waals surface area contributed by atoms with Crippen LogP contribution in [-0.2, 0) is 4.74 Å². The molecular weight excluding hydrogens is 291 g/mol. The van der Waals surface area contributed by atoms with Crippen molar-refractivity contribution in [2.24, 2.45) is 0 Å². The molecule has 0 bridgehead atoms. The predicted octanol–water partition coefficient (Wildman–Crippen LogP) is 3.30. The number of nitrogens with zero attached hydrogens (tertiary/aromatic N) is 2. The topological polar surface area (TPSA) is 35.0 Å². The Morgan fingerprint density at radius 3 is 2.29 bits per heavy atom. The van der Waals surface area contributed by atoms with Gasteiger partial charge in [0.15, 0.2) is 0 Å². The van der Waals surface area contributed by atoms with Crippen LogP contribution in [-0.4, -0.2) is 23.7 Å². The molecule has 0 fully saturated rings. The van der Waals surface area contributed by atoms with Crippen LogP contribution in [0.3, 0.4) is 0 Å². The maximum absolute atomic E-state index is 5.84. The van der Waals surface area contributed by atoms with Crippen molar-refractivity contribution in [2.75, 3.05) is 13.7 Å². The molecule has 0 amide bonds. The van der Waals surface area contributed by atoms with Gasteiger partial charge in [-0.1, -0.05) is 30.1 Å². The van der Waals surface area contributed by atoms with E-state index in [4.69, 9.17) is 27.9 Å². The van der Waals surface area contributed by atoms with Gasteiger partial charge in [0.2, 0.25) is 0 Å². The minimum Gasteiger partial charge on any atom is -0.384 e. The molecule has 1 heterocycles. The first-order chi connectivity index (χ1) is 6.56. The van der Waals surface area contributed by atoms with Gasteiger partial charge >= 0.3 is 0 Å². The number of halogens is 3. The van der Waals surface area contributed by atoms with Crippen LogP contribution in [0.5, 0.6) is 0 Å². The first kappa shape index (κ1) is 12.2. The lowest BCUT2D eigenvalue weighted by Gasteiger charge is -2.09. The Kier molecular flexibility index (Phi) is 4.57. The van der Waals surface area contributed by atoms with Crippen LogP contribution in [0.15, 0.2) is 4.47 Å². The molecule has 1 unspecified atom stereocenters. The summed E-state index contributed by atoms with van der Waals surface area (Å²) in [7, 11) is 1.62. The van der Waals surface area contributed by atoms with E-state index in [1.54, 1.807) is 7.11 Å². The SMILES string of the molecule is COCC(C)c1nc(Cl)c(Br)c(Cl)n1. The molecule has 0 aromatic carbocycles. The van der Waals surface area contributed by atoms with Gasteiger partial charge in [-0.15, -0.1) is 0 Å². The standard InChI is InChI=1S/C8H9BrCl2N2O/c1-4(3-14-2)8-12-6(10)5(9)7(11)13-8/h4H,3H2,1-2H3. The zero-order valence-corrected chi connectivity index (χ0v) is 10.8. The molecule has 0 saturated carbocycles. The maximum Gasteiger partial charge on any atom is 0.148 e. The van der Waals surface area contributed by atoms with Gasteiger partial charge in [-0.3, -0.25) is 0 Å². The van der Waals surface area contributed by atoms with E-state index in [9.17, 15) is 0 Å². The zero-order valence-electron chi connectivity index (χ0n) is 7.72. The van der Waals surface area contributed by atoms with E-state index < -0.39 is 0 Å². The molecule has 78 valence electrons. The Morgan fingerprint density at radius 2 is 1.86 bits per heavy atom. The normalized spacial score (nSPS) is 12.9. The Balaban J connectivity index is 3.00. The lowest BCUT2D eigenvalue weighted by atomic mass is 10.2. The first-order valence-corrected chi connectivity index (χ1v) is 5.48. The summed E-state index contributed by atoms with van der Waals surface area (Å²) in [5.41, 5.74) is 0. The highest BCUT2D eigenvalue weighted by molar-refractivity contribution is 9.10. The van der Waals surface area contributed by atoms with Crippen molar-refractivity contribution in [3.05, 3.63) is 20.6 Å². The van der Waals surface area contributed by atoms with Crippen molar-refractivity contribution >= 4 is 39.1 Å². The molecule has 14 heavy (non-hydrogen) atoms. The Morgan fingerprint density at radius 1 is 1.36 bits per heavy atom. The first-order valence-electron chi connectivity index (χ1n) is 3.93. The molecule has 0 N–H and O–H groups in total. The second kappa shape index (κ2) is 5.26. The molecule has 3 nitrogen and oxygen atoms in total. The smallest absolute Gasteiger partial charge is 0.148 e. The van der Waals surface area contributed by atoms with Crippen molar-refractivity contribution in [3.63, 3.8) is 0 Å². The van der Waals surface area contributed by atoms with E-state index in [1.807, 2.05) is 6.92 Å². The molecule has 6 heteroatoms. The molecule has 1 aromatic rings. The molecule has 1 rings (SSSR count). The molecule has 0 saturated heterocycles. The summed E-state index contributed by atoms with van der Waals surface area (Å²) in [5.74, 6) is 0.660. The van der Waals surface area contributed by atoms with Crippen molar-refractivity contribution in [2.45, 2.75) is 12.8 Å². The lowest BCUT2D eigenvalue weighted by molar-refractivity contribution is 0.181. The summed E-state index contributed by atoms with van der Waals surface area (Å²) in [6, 6.07) is 0. The summed E-state index contributed by atoms with van der Waals surface area (Å²) in [5, 5.41) is 0.644. The van der Waals surface area contributed by atoms with Gasteiger partial charge in [-0.2, -0.15) is 0 Å². The van der Waals surface area contributed by atoms with Crippen LogP contribution >= 0.6 is 39.1 Å². The number of aromatic nitrogens is 2. The number of hydrogen-bond donors (Lipinski definition) is 0.